The maximum atomic E-state index is 13.0. The number of fused-ring (bicyclic) bond motifs is 2. The lowest BCUT2D eigenvalue weighted by Gasteiger charge is -2.18. The van der Waals surface area contributed by atoms with Gasteiger partial charge >= 0.3 is 5.97 Å². The van der Waals surface area contributed by atoms with Crippen LogP contribution in [-0.4, -0.2) is 25.0 Å². The highest BCUT2D eigenvalue weighted by molar-refractivity contribution is 6.07. The second-order valence-corrected chi connectivity index (χ2v) is 9.90. The SMILES string of the molecule is CC(C)COC(=O)c1ccccc1-c1c2ccc(=O)cc-2oc2cc(OCCCC(=O)C(C)C)ccc12. The van der Waals surface area contributed by atoms with Crippen LogP contribution < -0.4 is 10.2 Å². The summed E-state index contributed by atoms with van der Waals surface area (Å²) >= 11 is 0. The van der Waals surface area contributed by atoms with Crippen LogP contribution >= 0.6 is 0 Å². The highest BCUT2D eigenvalue weighted by Crippen LogP contribution is 2.42. The first kappa shape index (κ1) is 26.1. The van der Waals surface area contributed by atoms with Gasteiger partial charge in [-0.2, -0.15) is 0 Å². The van der Waals surface area contributed by atoms with E-state index in [2.05, 4.69) is 0 Å². The van der Waals surface area contributed by atoms with Crippen LogP contribution in [0.1, 0.15) is 50.9 Å². The van der Waals surface area contributed by atoms with Gasteiger partial charge in [-0.25, -0.2) is 4.79 Å². The first-order chi connectivity index (χ1) is 17.7. The van der Waals surface area contributed by atoms with E-state index in [0.717, 1.165) is 16.5 Å². The monoisotopic (exact) mass is 500 g/mol. The van der Waals surface area contributed by atoms with Crippen LogP contribution in [0, 0.1) is 11.8 Å². The second-order valence-electron chi connectivity index (χ2n) is 9.90. The van der Waals surface area contributed by atoms with E-state index < -0.39 is 5.97 Å². The van der Waals surface area contributed by atoms with E-state index in [1.807, 2.05) is 52.0 Å². The Bertz CT molecular complexity index is 1450. The average Bonchev–Trinajstić information content (AvgIpc) is 2.87. The summed E-state index contributed by atoms with van der Waals surface area (Å²) < 4.78 is 17.6. The Kier molecular flexibility index (Phi) is 8.07. The summed E-state index contributed by atoms with van der Waals surface area (Å²) in [4.78, 5) is 37.0. The van der Waals surface area contributed by atoms with Crippen LogP contribution in [0.3, 0.4) is 0 Å². The standard InChI is InChI=1S/C31H32O6/c1-19(2)18-36-31(34)24-9-6-5-8-23(24)30-25-13-11-21(32)16-28(25)37-29-17-22(12-14-26(29)30)35-15-7-10-27(33)20(3)4/h5-6,8-9,11-14,16-17,19-20H,7,10,15,18H2,1-4H3. The molecule has 0 bridgehead atoms. The normalized spacial score (nSPS) is 11.4. The van der Waals surface area contributed by atoms with Gasteiger partial charge in [0.1, 0.15) is 22.9 Å². The third-order valence-electron chi connectivity index (χ3n) is 6.11. The minimum absolute atomic E-state index is 0.0163. The minimum Gasteiger partial charge on any atom is -0.493 e. The smallest absolute Gasteiger partial charge is 0.338 e. The van der Waals surface area contributed by atoms with Gasteiger partial charge in [0.25, 0.3) is 0 Å². The molecular weight excluding hydrogens is 468 g/mol. The summed E-state index contributed by atoms with van der Waals surface area (Å²) in [5.74, 6) is 1.06. The molecule has 0 saturated heterocycles. The number of esters is 1. The maximum Gasteiger partial charge on any atom is 0.338 e. The molecule has 6 heteroatoms. The van der Waals surface area contributed by atoms with Gasteiger partial charge in [0.2, 0.25) is 0 Å². The lowest BCUT2D eigenvalue weighted by molar-refractivity contribution is -0.122. The number of hydrogen-bond acceptors (Lipinski definition) is 6. The van der Waals surface area contributed by atoms with Gasteiger partial charge in [0.15, 0.2) is 5.43 Å². The van der Waals surface area contributed by atoms with Crippen LogP contribution in [0.2, 0.25) is 0 Å². The van der Waals surface area contributed by atoms with Crippen molar-refractivity contribution in [3.05, 3.63) is 76.5 Å². The first-order valence-electron chi connectivity index (χ1n) is 12.7. The molecule has 2 aromatic carbocycles. The Hall–Kier alpha value is -3.93. The molecule has 0 radical (unpaired) electrons. The fourth-order valence-corrected chi connectivity index (χ4v) is 4.16. The van der Waals surface area contributed by atoms with Crippen molar-refractivity contribution in [1.82, 2.24) is 0 Å². The topological polar surface area (TPSA) is 82.8 Å². The number of Topliss-reactive ketones (excluding diaryl/α,β-unsaturated/α-hetero) is 1. The molecule has 2 aliphatic rings. The van der Waals surface area contributed by atoms with Crippen LogP contribution in [0.4, 0.5) is 0 Å². The van der Waals surface area contributed by atoms with Crippen LogP contribution in [-0.2, 0) is 9.53 Å². The quantitative estimate of drug-likeness (QED) is 0.136. The van der Waals surface area contributed by atoms with Crippen LogP contribution in [0.15, 0.2) is 69.9 Å². The van der Waals surface area contributed by atoms with Crippen molar-refractivity contribution in [2.75, 3.05) is 13.2 Å². The number of rotatable bonds is 10. The van der Waals surface area contributed by atoms with Gasteiger partial charge in [-0.1, -0.05) is 45.9 Å². The highest BCUT2D eigenvalue weighted by atomic mass is 16.5. The molecule has 0 aromatic heterocycles. The molecule has 6 nitrogen and oxygen atoms in total. The summed E-state index contributed by atoms with van der Waals surface area (Å²) in [7, 11) is 0. The number of ether oxygens (including phenoxy) is 2. The van der Waals surface area contributed by atoms with E-state index in [1.54, 1.807) is 24.3 Å². The molecule has 1 heterocycles. The van der Waals surface area contributed by atoms with Gasteiger partial charge in [-0.3, -0.25) is 9.59 Å². The Balaban J connectivity index is 1.76. The summed E-state index contributed by atoms with van der Waals surface area (Å²) in [6, 6.07) is 17.5. The summed E-state index contributed by atoms with van der Waals surface area (Å²) in [6.45, 7) is 8.49. The second kappa shape index (κ2) is 11.4. The summed E-state index contributed by atoms with van der Waals surface area (Å²) in [6.07, 6.45) is 1.10. The van der Waals surface area contributed by atoms with Gasteiger partial charge in [0, 0.05) is 41.0 Å². The van der Waals surface area contributed by atoms with E-state index in [-0.39, 0.29) is 23.0 Å². The predicted molar refractivity (Wildman–Crippen MR) is 144 cm³/mol. The number of benzene rings is 3. The fourth-order valence-electron chi connectivity index (χ4n) is 4.16. The fraction of sp³-hybridized carbons (Fsp3) is 0.323. The molecule has 0 unspecified atom stereocenters. The molecule has 192 valence electrons. The van der Waals surface area contributed by atoms with Gasteiger partial charge in [-0.15, -0.1) is 0 Å². The van der Waals surface area contributed by atoms with Gasteiger partial charge in [-0.05, 0) is 48.2 Å². The maximum absolute atomic E-state index is 13.0. The minimum atomic E-state index is -0.400. The Labute approximate surface area is 216 Å². The van der Waals surface area contributed by atoms with Crippen molar-refractivity contribution in [1.29, 1.82) is 0 Å². The van der Waals surface area contributed by atoms with E-state index in [1.165, 1.54) is 12.1 Å². The van der Waals surface area contributed by atoms with Crippen molar-refractivity contribution in [3.63, 3.8) is 0 Å². The van der Waals surface area contributed by atoms with Gasteiger partial charge < -0.3 is 13.9 Å². The molecule has 1 aliphatic heterocycles. The van der Waals surface area contributed by atoms with Crippen molar-refractivity contribution < 1.29 is 23.5 Å². The molecule has 0 atom stereocenters. The van der Waals surface area contributed by atoms with Crippen molar-refractivity contribution in [2.24, 2.45) is 11.8 Å². The van der Waals surface area contributed by atoms with E-state index in [4.69, 9.17) is 13.9 Å². The first-order valence-corrected chi connectivity index (χ1v) is 12.7. The summed E-state index contributed by atoms with van der Waals surface area (Å²) in [5.41, 5.74) is 2.99. The molecule has 0 saturated carbocycles. The predicted octanol–water partition coefficient (Wildman–Crippen LogP) is 6.76. The number of hydrogen-bond donors (Lipinski definition) is 0. The van der Waals surface area contributed by atoms with Crippen molar-refractivity contribution >= 4 is 22.7 Å². The van der Waals surface area contributed by atoms with Crippen molar-refractivity contribution in [3.8, 4) is 28.2 Å². The molecule has 1 aliphatic carbocycles. The third kappa shape index (κ3) is 6.08. The Morgan fingerprint density at radius 2 is 1.70 bits per heavy atom. The highest BCUT2D eigenvalue weighted by Gasteiger charge is 2.22. The molecule has 4 rings (SSSR count). The largest absolute Gasteiger partial charge is 0.493 e. The lowest BCUT2D eigenvalue weighted by atomic mass is 9.91. The Morgan fingerprint density at radius 3 is 2.46 bits per heavy atom. The molecule has 0 amide bonds. The van der Waals surface area contributed by atoms with Crippen LogP contribution in [0.5, 0.6) is 5.75 Å². The molecule has 0 fully saturated rings. The number of carbonyl (C=O) groups is 2. The Morgan fingerprint density at radius 1 is 0.919 bits per heavy atom. The van der Waals surface area contributed by atoms with Crippen LogP contribution in [0.25, 0.3) is 33.4 Å². The zero-order valence-electron chi connectivity index (χ0n) is 21.7. The zero-order valence-corrected chi connectivity index (χ0v) is 21.7. The van der Waals surface area contributed by atoms with E-state index in [0.29, 0.717) is 54.3 Å². The van der Waals surface area contributed by atoms with E-state index in [9.17, 15) is 14.4 Å². The zero-order chi connectivity index (χ0) is 26.5. The van der Waals surface area contributed by atoms with E-state index >= 15 is 0 Å². The average molecular weight is 501 g/mol. The molecule has 0 N–H and O–H groups in total. The third-order valence-corrected chi connectivity index (χ3v) is 6.11. The molecular formula is C31H32O6. The molecule has 2 aromatic rings. The lowest BCUT2D eigenvalue weighted by Crippen LogP contribution is -2.11. The van der Waals surface area contributed by atoms with Gasteiger partial charge in [0.05, 0.1) is 18.8 Å². The number of carbonyl (C=O) groups excluding carboxylic acids is 2. The van der Waals surface area contributed by atoms with Crippen molar-refractivity contribution in [2.45, 2.75) is 40.5 Å². The molecule has 37 heavy (non-hydrogen) atoms. The number of ketones is 1. The summed E-state index contributed by atoms with van der Waals surface area (Å²) in [5, 5.41) is 0.776. The molecule has 0 spiro atoms.